The van der Waals surface area contributed by atoms with Gasteiger partial charge in [-0.2, -0.15) is 11.8 Å². The summed E-state index contributed by atoms with van der Waals surface area (Å²) in [6, 6.07) is 0.724. The molecule has 0 N–H and O–H groups in total. The second-order valence-electron chi connectivity index (χ2n) is 4.17. The lowest BCUT2D eigenvalue weighted by molar-refractivity contribution is 0.113. The smallest absolute Gasteiger partial charge is 0.0113 e. The number of rotatable bonds is 5. The highest BCUT2D eigenvalue weighted by atomic mass is 32.2. The number of hydrogen-bond donors (Lipinski definition) is 0. The van der Waals surface area contributed by atoms with E-state index in [-0.39, 0.29) is 0 Å². The molecule has 0 amide bonds. The van der Waals surface area contributed by atoms with Crippen molar-refractivity contribution in [3.8, 4) is 0 Å². The molecule has 0 spiro atoms. The Kier molecular flexibility index (Phi) is 5.90. The molecule has 3 heteroatoms. The molecular formula is C11H24N2S. The molecule has 1 saturated heterocycles. The largest absolute Gasteiger partial charge is 0.300 e. The Bertz CT molecular complexity index is 142. The SMILES string of the molecule is CCSCCN1CCN(C(C)C)CC1. The van der Waals surface area contributed by atoms with Crippen LogP contribution in [0.3, 0.4) is 0 Å². The first-order valence-corrected chi connectivity index (χ1v) is 6.93. The zero-order chi connectivity index (χ0) is 10.4. The van der Waals surface area contributed by atoms with Gasteiger partial charge in [-0.15, -0.1) is 0 Å². The third-order valence-electron chi connectivity index (χ3n) is 2.89. The van der Waals surface area contributed by atoms with Crippen LogP contribution in [-0.4, -0.2) is 60.1 Å². The fourth-order valence-corrected chi connectivity index (χ4v) is 2.52. The van der Waals surface area contributed by atoms with Crippen LogP contribution in [0.25, 0.3) is 0 Å². The van der Waals surface area contributed by atoms with E-state index in [4.69, 9.17) is 0 Å². The van der Waals surface area contributed by atoms with E-state index >= 15 is 0 Å². The molecule has 14 heavy (non-hydrogen) atoms. The van der Waals surface area contributed by atoms with E-state index in [1.165, 1.54) is 44.2 Å². The highest BCUT2D eigenvalue weighted by Gasteiger charge is 2.17. The van der Waals surface area contributed by atoms with Crippen LogP contribution in [-0.2, 0) is 0 Å². The number of nitrogens with zero attached hydrogens (tertiary/aromatic N) is 2. The zero-order valence-electron chi connectivity index (χ0n) is 9.83. The van der Waals surface area contributed by atoms with Crippen molar-refractivity contribution in [1.82, 2.24) is 9.80 Å². The topological polar surface area (TPSA) is 6.48 Å². The predicted octanol–water partition coefficient (Wildman–Crippen LogP) is 1.77. The van der Waals surface area contributed by atoms with Gasteiger partial charge in [-0.1, -0.05) is 6.92 Å². The number of hydrogen-bond acceptors (Lipinski definition) is 3. The van der Waals surface area contributed by atoms with Crippen LogP contribution in [0.2, 0.25) is 0 Å². The molecule has 84 valence electrons. The van der Waals surface area contributed by atoms with Crippen LogP contribution in [0.15, 0.2) is 0 Å². The standard InChI is InChI=1S/C11H24N2S/c1-4-14-10-9-12-5-7-13(8-6-12)11(2)3/h11H,4-10H2,1-3H3. The molecule has 0 unspecified atom stereocenters. The predicted molar refractivity (Wildman–Crippen MR) is 66.1 cm³/mol. The van der Waals surface area contributed by atoms with E-state index in [1.807, 2.05) is 0 Å². The molecule has 0 aromatic carbocycles. The summed E-state index contributed by atoms with van der Waals surface area (Å²) < 4.78 is 0. The second kappa shape index (κ2) is 6.70. The van der Waals surface area contributed by atoms with Crippen molar-refractivity contribution in [2.75, 3.05) is 44.2 Å². The van der Waals surface area contributed by atoms with E-state index in [0.29, 0.717) is 0 Å². The molecule has 0 aromatic heterocycles. The van der Waals surface area contributed by atoms with Crippen LogP contribution in [0.5, 0.6) is 0 Å². The maximum absolute atomic E-state index is 2.60. The lowest BCUT2D eigenvalue weighted by Gasteiger charge is -2.36. The molecule has 0 saturated carbocycles. The third kappa shape index (κ3) is 4.20. The molecule has 1 aliphatic heterocycles. The molecule has 2 nitrogen and oxygen atoms in total. The summed E-state index contributed by atoms with van der Waals surface area (Å²) in [5.74, 6) is 2.56. The normalized spacial score (nSPS) is 20.6. The molecular weight excluding hydrogens is 192 g/mol. The Morgan fingerprint density at radius 3 is 2.29 bits per heavy atom. The van der Waals surface area contributed by atoms with Gasteiger partial charge in [0.15, 0.2) is 0 Å². The van der Waals surface area contributed by atoms with Crippen molar-refractivity contribution in [2.24, 2.45) is 0 Å². The van der Waals surface area contributed by atoms with E-state index in [2.05, 4.69) is 42.3 Å². The Morgan fingerprint density at radius 2 is 1.79 bits per heavy atom. The minimum atomic E-state index is 0.724. The fourth-order valence-electron chi connectivity index (χ4n) is 1.84. The monoisotopic (exact) mass is 216 g/mol. The van der Waals surface area contributed by atoms with Gasteiger partial charge in [-0.25, -0.2) is 0 Å². The number of piperazine rings is 1. The van der Waals surface area contributed by atoms with Gasteiger partial charge in [0.05, 0.1) is 0 Å². The lowest BCUT2D eigenvalue weighted by atomic mass is 10.2. The Morgan fingerprint density at radius 1 is 1.14 bits per heavy atom. The van der Waals surface area contributed by atoms with Crippen LogP contribution < -0.4 is 0 Å². The van der Waals surface area contributed by atoms with Crippen molar-refractivity contribution < 1.29 is 0 Å². The first-order chi connectivity index (χ1) is 6.74. The van der Waals surface area contributed by atoms with Crippen molar-refractivity contribution in [3.63, 3.8) is 0 Å². The minimum Gasteiger partial charge on any atom is -0.300 e. The summed E-state index contributed by atoms with van der Waals surface area (Å²) in [5.41, 5.74) is 0. The fraction of sp³-hybridized carbons (Fsp3) is 1.00. The van der Waals surface area contributed by atoms with Gasteiger partial charge in [-0.05, 0) is 19.6 Å². The zero-order valence-corrected chi connectivity index (χ0v) is 10.6. The average molecular weight is 216 g/mol. The summed E-state index contributed by atoms with van der Waals surface area (Å²) in [6.45, 7) is 13.2. The van der Waals surface area contributed by atoms with Crippen LogP contribution in [0, 0.1) is 0 Å². The molecule has 0 aromatic rings. The van der Waals surface area contributed by atoms with Crippen LogP contribution in [0.4, 0.5) is 0 Å². The summed E-state index contributed by atoms with van der Waals surface area (Å²) in [5, 5.41) is 0. The Balaban J connectivity index is 2.09. The van der Waals surface area contributed by atoms with Gasteiger partial charge in [0.2, 0.25) is 0 Å². The van der Waals surface area contributed by atoms with Gasteiger partial charge >= 0.3 is 0 Å². The minimum absolute atomic E-state index is 0.724. The number of thioether (sulfide) groups is 1. The third-order valence-corrected chi connectivity index (χ3v) is 3.77. The summed E-state index contributed by atoms with van der Waals surface area (Å²) in [6.07, 6.45) is 0. The maximum atomic E-state index is 2.60. The van der Waals surface area contributed by atoms with Crippen molar-refractivity contribution in [2.45, 2.75) is 26.8 Å². The molecule has 0 aliphatic carbocycles. The maximum Gasteiger partial charge on any atom is 0.0113 e. The van der Waals surface area contributed by atoms with Gasteiger partial charge < -0.3 is 0 Å². The first kappa shape index (κ1) is 12.3. The summed E-state index contributed by atoms with van der Waals surface area (Å²) in [7, 11) is 0. The van der Waals surface area contributed by atoms with Crippen molar-refractivity contribution in [1.29, 1.82) is 0 Å². The highest BCUT2D eigenvalue weighted by Crippen LogP contribution is 2.07. The molecule has 0 bridgehead atoms. The van der Waals surface area contributed by atoms with Gasteiger partial charge in [0.1, 0.15) is 0 Å². The second-order valence-corrected chi connectivity index (χ2v) is 5.56. The first-order valence-electron chi connectivity index (χ1n) is 5.78. The lowest BCUT2D eigenvalue weighted by Crippen LogP contribution is -2.49. The van der Waals surface area contributed by atoms with E-state index in [1.54, 1.807) is 0 Å². The Labute approximate surface area is 93.0 Å². The molecule has 0 atom stereocenters. The molecule has 0 radical (unpaired) electrons. The van der Waals surface area contributed by atoms with E-state index in [0.717, 1.165) is 6.04 Å². The molecule has 1 fully saturated rings. The van der Waals surface area contributed by atoms with Gasteiger partial charge in [0, 0.05) is 44.5 Å². The van der Waals surface area contributed by atoms with Gasteiger partial charge in [-0.3, -0.25) is 9.80 Å². The Hall–Kier alpha value is 0.270. The van der Waals surface area contributed by atoms with Gasteiger partial charge in [0.25, 0.3) is 0 Å². The average Bonchev–Trinajstić information content (AvgIpc) is 2.19. The molecule has 1 rings (SSSR count). The molecule has 1 heterocycles. The molecule has 1 aliphatic rings. The summed E-state index contributed by atoms with van der Waals surface area (Å²) >= 11 is 2.05. The van der Waals surface area contributed by atoms with E-state index in [9.17, 15) is 0 Å². The van der Waals surface area contributed by atoms with Crippen molar-refractivity contribution in [3.05, 3.63) is 0 Å². The highest BCUT2D eigenvalue weighted by molar-refractivity contribution is 7.99. The summed E-state index contributed by atoms with van der Waals surface area (Å²) in [4.78, 5) is 5.17. The van der Waals surface area contributed by atoms with Crippen molar-refractivity contribution >= 4 is 11.8 Å². The van der Waals surface area contributed by atoms with Crippen LogP contribution in [0.1, 0.15) is 20.8 Å². The van der Waals surface area contributed by atoms with E-state index < -0.39 is 0 Å². The van der Waals surface area contributed by atoms with Crippen LogP contribution >= 0.6 is 11.8 Å². The quantitative estimate of drug-likeness (QED) is 0.647.